The quantitative estimate of drug-likeness (QED) is 0.692. The molecule has 0 spiro atoms. The van der Waals surface area contributed by atoms with E-state index >= 15 is 0 Å². The minimum absolute atomic E-state index is 0.0311. The van der Waals surface area contributed by atoms with Gasteiger partial charge in [-0.25, -0.2) is 0 Å². The molecule has 2 aromatic rings. The molecular formula is C17H14BrN3O5. The number of rotatable bonds is 6. The Balaban J connectivity index is 1.83. The number of nitrogens with one attached hydrogen (secondary N) is 2. The lowest BCUT2D eigenvalue weighted by molar-refractivity contribution is -0.152. The molecule has 2 amide bonds. The number of hydrogen-bond acceptors (Lipinski definition) is 6. The lowest BCUT2D eigenvalue weighted by Gasteiger charge is -2.14. The van der Waals surface area contributed by atoms with Crippen LogP contribution in [0.1, 0.15) is 23.0 Å². The predicted molar refractivity (Wildman–Crippen MR) is 94.1 cm³/mol. The Labute approximate surface area is 157 Å². The summed E-state index contributed by atoms with van der Waals surface area (Å²) >= 11 is 3.06. The first-order chi connectivity index (χ1) is 12.4. The SMILES string of the molecule is CC(OC(=O)CNC(=O)c1ccc(Br)o1)C(=O)Nc1ccccc1C#N. The number of anilines is 1. The molecule has 1 aromatic carbocycles. The van der Waals surface area contributed by atoms with Crippen LogP contribution in [0.4, 0.5) is 5.69 Å². The van der Waals surface area contributed by atoms with Gasteiger partial charge in [0.2, 0.25) is 0 Å². The van der Waals surface area contributed by atoms with Crippen molar-refractivity contribution < 1.29 is 23.5 Å². The monoisotopic (exact) mass is 419 g/mol. The molecule has 1 heterocycles. The maximum absolute atomic E-state index is 12.1. The van der Waals surface area contributed by atoms with Gasteiger partial charge in [-0.1, -0.05) is 12.1 Å². The number of amides is 2. The molecular weight excluding hydrogens is 406 g/mol. The summed E-state index contributed by atoms with van der Waals surface area (Å²) in [5.41, 5.74) is 0.607. The number of halogens is 1. The first-order valence-corrected chi connectivity index (χ1v) is 8.23. The van der Waals surface area contributed by atoms with E-state index in [2.05, 4.69) is 26.6 Å². The van der Waals surface area contributed by atoms with Crippen LogP contribution >= 0.6 is 15.9 Å². The van der Waals surface area contributed by atoms with Gasteiger partial charge >= 0.3 is 5.97 Å². The maximum Gasteiger partial charge on any atom is 0.326 e. The zero-order chi connectivity index (χ0) is 19.1. The van der Waals surface area contributed by atoms with Crippen LogP contribution < -0.4 is 10.6 Å². The second-order valence-electron chi connectivity index (χ2n) is 5.07. The van der Waals surface area contributed by atoms with Gasteiger partial charge in [-0.3, -0.25) is 14.4 Å². The lowest BCUT2D eigenvalue weighted by Crippen LogP contribution is -2.35. The fourth-order valence-corrected chi connectivity index (χ4v) is 2.20. The van der Waals surface area contributed by atoms with Crippen molar-refractivity contribution in [2.45, 2.75) is 13.0 Å². The largest absolute Gasteiger partial charge is 0.451 e. The van der Waals surface area contributed by atoms with Gasteiger partial charge in [0.05, 0.1) is 11.3 Å². The number of para-hydroxylation sites is 1. The molecule has 9 heteroatoms. The summed E-state index contributed by atoms with van der Waals surface area (Å²) in [6.07, 6.45) is -1.11. The average Bonchev–Trinajstić information content (AvgIpc) is 3.06. The smallest absolute Gasteiger partial charge is 0.326 e. The topological polar surface area (TPSA) is 121 Å². The van der Waals surface area contributed by atoms with E-state index in [1.807, 2.05) is 6.07 Å². The summed E-state index contributed by atoms with van der Waals surface area (Å²) in [6.45, 7) is 0.956. The molecule has 0 aliphatic rings. The van der Waals surface area contributed by atoms with Crippen LogP contribution in [-0.4, -0.2) is 30.4 Å². The van der Waals surface area contributed by atoms with Gasteiger partial charge in [0, 0.05) is 0 Å². The molecule has 0 saturated carbocycles. The van der Waals surface area contributed by atoms with Crippen LogP contribution in [-0.2, 0) is 14.3 Å². The fourth-order valence-electron chi connectivity index (χ4n) is 1.89. The summed E-state index contributed by atoms with van der Waals surface area (Å²) in [5.74, 6) is -1.95. The normalized spacial score (nSPS) is 11.1. The first-order valence-electron chi connectivity index (χ1n) is 7.43. The number of carbonyl (C=O) groups is 3. The van der Waals surface area contributed by atoms with Gasteiger partial charge in [0.1, 0.15) is 12.6 Å². The number of nitrogens with zero attached hydrogens (tertiary/aromatic N) is 1. The van der Waals surface area contributed by atoms with Crippen molar-refractivity contribution in [1.82, 2.24) is 5.32 Å². The lowest BCUT2D eigenvalue weighted by atomic mass is 10.2. The predicted octanol–water partition coefficient (Wildman–Crippen LogP) is 2.21. The van der Waals surface area contributed by atoms with E-state index in [-0.39, 0.29) is 11.3 Å². The minimum atomic E-state index is -1.11. The number of nitriles is 1. The Hall–Kier alpha value is -3.12. The average molecular weight is 420 g/mol. The van der Waals surface area contributed by atoms with Crippen molar-refractivity contribution in [3.63, 3.8) is 0 Å². The van der Waals surface area contributed by atoms with E-state index in [0.29, 0.717) is 10.4 Å². The Morgan fingerprint density at radius 2 is 2.00 bits per heavy atom. The second kappa shape index (κ2) is 8.82. The van der Waals surface area contributed by atoms with Crippen LogP contribution in [0.25, 0.3) is 0 Å². The van der Waals surface area contributed by atoms with Crippen molar-refractivity contribution in [3.05, 3.63) is 52.4 Å². The van der Waals surface area contributed by atoms with Crippen LogP contribution in [0.5, 0.6) is 0 Å². The van der Waals surface area contributed by atoms with E-state index in [1.165, 1.54) is 13.0 Å². The number of furan rings is 1. The molecule has 26 heavy (non-hydrogen) atoms. The highest BCUT2D eigenvalue weighted by Gasteiger charge is 2.20. The summed E-state index contributed by atoms with van der Waals surface area (Å²) < 4.78 is 10.4. The molecule has 0 radical (unpaired) electrons. The molecule has 0 fully saturated rings. The van der Waals surface area contributed by atoms with Crippen LogP contribution in [0, 0.1) is 11.3 Å². The van der Waals surface area contributed by atoms with Crippen molar-refractivity contribution in [2.75, 3.05) is 11.9 Å². The maximum atomic E-state index is 12.1. The molecule has 0 saturated heterocycles. The van der Waals surface area contributed by atoms with Gasteiger partial charge in [0.25, 0.3) is 11.8 Å². The van der Waals surface area contributed by atoms with Crippen molar-refractivity contribution in [2.24, 2.45) is 0 Å². The van der Waals surface area contributed by atoms with E-state index in [1.54, 1.807) is 30.3 Å². The standard InChI is InChI=1S/C17H14BrN3O5/c1-10(16(23)21-12-5-3-2-4-11(12)8-19)25-15(22)9-20-17(24)13-6-7-14(18)26-13/h2-7,10H,9H2,1H3,(H,20,24)(H,21,23). The molecule has 1 unspecified atom stereocenters. The zero-order valence-electron chi connectivity index (χ0n) is 13.6. The molecule has 8 nitrogen and oxygen atoms in total. The summed E-state index contributed by atoms with van der Waals surface area (Å²) in [5, 5.41) is 13.8. The number of benzene rings is 1. The van der Waals surface area contributed by atoms with Gasteiger partial charge in [0.15, 0.2) is 16.5 Å². The number of carbonyl (C=O) groups excluding carboxylic acids is 3. The van der Waals surface area contributed by atoms with Crippen LogP contribution in [0.15, 0.2) is 45.5 Å². The Morgan fingerprint density at radius 3 is 2.65 bits per heavy atom. The third-order valence-electron chi connectivity index (χ3n) is 3.17. The molecule has 134 valence electrons. The number of ether oxygens (including phenoxy) is 1. The van der Waals surface area contributed by atoms with Crippen molar-refractivity contribution in [3.8, 4) is 6.07 Å². The zero-order valence-corrected chi connectivity index (χ0v) is 15.2. The van der Waals surface area contributed by atoms with Crippen LogP contribution in [0.2, 0.25) is 0 Å². The van der Waals surface area contributed by atoms with Crippen LogP contribution in [0.3, 0.4) is 0 Å². The highest BCUT2D eigenvalue weighted by Crippen LogP contribution is 2.15. The van der Waals surface area contributed by atoms with E-state index < -0.39 is 30.4 Å². The van der Waals surface area contributed by atoms with Gasteiger partial charge in [-0.05, 0) is 47.1 Å². The molecule has 0 bridgehead atoms. The van der Waals surface area contributed by atoms with Gasteiger partial charge in [-0.2, -0.15) is 5.26 Å². The first kappa shape index (κ1) is 19.2. The minimum Gasteiger partial charge on any atom is -0.451 e. The highest BCUT2D eigenvalue weighted by atomic mass is 79.9. The molecule has 2 rings (SSSR count). The molecule has 0 aliphatic carbocycles. The highest BCUT2D eigenvalue weighted by molar-refractivity contribution is 9.10. The van der Waals surface area contributed by atoms with Crippen molar-refractivity contribution >= 4 is 39.4 Å². The van der Waals surface area contributed by atoms with Gasteiger partial charge in [-0.15, -0.1) is 0 Å². The molecule has 0 aliphatic heterocycles. The Bertz CT molecular complexity index is 871. The summed E-state index contributed by atoms with van der Waals surface area (Å²) in [6, 6.07) is 11.4. The number of esters is 1. The fraction of sp³-hybridized carbons (Fsp3) is 0.176. The van der Waals surface area contributed by atoms with E-state index in [9.17, 15) is 14.4 Å². The third kappa shape index (κ3) is 5.19. The summed E-state index contributed by atoms with van der Waals surface area (Å²) in [7, 11) is 0. The third-order valence-corrected chi connectivity index (χ3v) is 3.60. The molecule has 1 atom stereocenters. The second-order valence-corrected chi connectivity index (χ2v) is 5.85. The molecule has 2 N–H and O–H groups in total. The van der Waals surface area contributed by atoms with Crippen molar-refractivity contribution in [1.29, 1.82) is 5.26 Å². The Kier molecular flexibility index (Phi) is 6.52. The Morgan fingerprint density at radius 1 is 1.27 bits per heavy atom. The van der Waals surface area contributed by atoms with E-state index in [0.717, 1.165) is 0 Å². The summed E-state index contributed by atoms with van der Waals surface area (Å²) in [4.78, 5) is 35.6. The van der Waals surface area contributed by atoms with E-state index in [4.69, 9.17) is 14.4 Å². The number of hydrogen-bond donors (Lipinski definition) is 2. The molecule has 1 aromatic heterocycles. The van der Waals surface area contributed by atoms with Gasteiger partial charge < -0.3 is 19.8 Å².